The molecule has 0 N–H and O–H groups in total. The Labute approximate surface area is 213 Å². The molecule has 0 spiro atoms. The number of nitrogens with zero attached hydrogens (tertiary/aromatic N) is 2. The molecule has 7 rings (SSSR count). The highest BCUT2D eigenvalue weighted by Gasteiger charge is 2.16. The Morgan fingerprint density at radius 3 is 2.22 bits per heavy atom. The Bertz CT molecular complexity index is 1990. The summed E-state index contributed by atoms with van der Waals surface area (Å²) >= 11 is 0. The molecule has 0 aliphatic rings. The fraction of sp³-hybridized carbons (Fsp3) is 0. The third-order valence-electron chi connectivity index (χ3n) is 6.94. The van der Waals surface area contributed by atoms with E-state index in [9.17, 15) is 5.26 Å². The molecular formula is C34H20N2O. The third-order valence-corrected chi connectivity index (χ3v) is 6.94. The van der Waals surface area contributed by atoms with Crippen LogP contribution in [-0.2, 0) is 0 Å². The van der Waals surface area contributed by atoms with Gasteiger partial charge in [0.25, 0.3) is 0 Å². The van der Waals surface area contributed by atoms with E-state index in [0.29, 0.717) is 5.56 Å². The minimum absolute atomic E-state index is 0.597. The number of hydrogen-bond acceptors (Lipinski definition) is 3. The fourth-order valence-electron chi connectivity index (χ4n) is 5.19. The molecule has 0 radical (unpaired) electrons. The normalized spacial score (nSPS) is 11.2. The van der Waals surface area contributed by atoms with Gasteiger partial charge in [0.05, 0.1) is 17.3 Å². The van der Waals surface area contributed by atoms with Crippen LogP contribution in [0.2, 0.25) is 0 Å². The molecule has 0 amide bonds. The van der Waals surface area contributed by atoms with Crippen molar-refractivity contribution in [2.45, 2.75) is 0 Å². The van der Waals surface area contributed by atoms with Gasteiger partial charge in [-0.15, -0.1) is 0 Å². The Morgan fingerprint density at radius 1 is 0.568 bits per heavy atom. The molecule has 3 heteroatoms. The number of aromatic nitrogens is 1. The molecule has 3 nitrogen and oxygen atoms in total. The zero-order chi connectivity index (χ0) is 24.8. The lowest BCUT2D eigenvalue weighted by Crippen LogP contribution is -1.87. The number of rotatable bonds is 3. The van der Waals surface area contributed by atoms with E-state index in [4.69, 9.17) is 4.42 Å². The van der Waals surface area contributed by atoms with Gasteiger partial charge in [-0.05, 0) is 69.4 Å². The van der Waals surface area contributed by atoms with Crippen LogP contribution < -0.4 is 0 Å². The predicted molar refractivity (Wildman–Crippen MR) is 150 cm³/mol. The van der Waals surface area contributed by atoms with Gasteiger partial charge in [-0.25, -0.2) is 0 Å². The van der Waals surface area contributed by atoms with Crippen LogP contribution in [0.4, 0.5) is 0 Å². The maximum atomic E-state index is 9.31. The second kappa shape index (κ2) is 8.48. The van der Waals surface area contributed by atoms with E-state index >= 15 is 0 Å². The first kappa shape index (κ1) is 21.1. The Hall–Kier alpha value is -5.20. The van der Waals surface area contributed by atoms with E-state index in [2.05, 4.69) is 96.0 Å². The van der Waals surface area contributed by atoms with E-state index in [1.807, 2.05) is 24.3 Å². The molecular weight excluding hydrogens is 452 g/mol. The van der Waals surface area contributed by atoms with E-state index in [-0.39, 0.29) is 0 Å². The monoisotopic (exact) mass is 472 g/mol. The average Bonchev–Trinajstić information content (AvgIpc) is 3.35. The van der Waals surface area contributed by atoms with Gasteiger partial charge in [-0.2, -0.15) is 5.26 Å². The summed E-state index contributed by atoms with van der Waals surface area (Å²) in [6, 6.07) is 41.5. The Kier molecular flexibility index (Phi) is 4.84. The number of benzene rings is 5. The maximum absolute atomic E-state index is 9.31. The van der Waals surface area contributed by atoms with Crippen molar-refractivity contribution >= 4 is 32.7 Å². The van der Waals surface area contributed by atoms with Gasteiger partial charge in [-0.1, -0.05) is 78.9 Å². The topological polar surface area (TPSA) is 49.8 Å². The Morgan fingerprint density at radius 2 is 1.35 bits per heavy atom. The lowest BCUT2D eigenvalue weighted by molar-refractivity contribution is 0.669. The van der Waals surface area contributed by atoms with E-state index < -0.39 is 0 Å². The number of pyridine rings is 1. The third kappa shape index (κ3) is 3.55. The molecule has 0 aliphatic carbocycles. The molecule has 0 atom stereocenters. The van der Waals surface area contributed by atoms with Crippen LogP contribution in [0.1, 0.15) is 5.56 Å². The quantitative estimate of drug-likeness (QED) is 0.258. The second-order valence-electron chi connectivity index (χ2n) is 9.14. The van der Waals surface area contributed by atoms with Crippen molar-refractivity contribution in [2.75, 3.05) is 0 Å². The summed E-state index contributed by atoms with van der Waals surface area (Å²) in [5, 5.41) is 13.9. The first-order chi connectivity index (χ1) is 18.3. The lowest BCUT2D eigenvalue weighted by atomic mass is 9.93. The zero-order valence-electron chi connectivity index (χ0n) is 19.8. The van der Waals surface area contributed by atoms with E-state index in [1.54, 1.807) is 12.3 Å². The summed E-state index contributed by atoms with van der Waals surface area (Å²) in [7, 11) is 0. The molecule has 0 saturated carbocycles. The highest BCUT2D eigenvalue weighted by Crippen LogP contribution is 2.41. The van der Waals surface area contributed by atoms with Crippen molar-refractivity contribution in [1.29, 1.82) is 5.26 Å². The van der Waals surface area contributed by atoms with Crippen LogP contribution in [0.25, 0.3) is 66.2 Å². The first-order valence-corrected chi connectivity index (χ1v) is 12.2. The van der Waals surface area contributed by atoms with Gasteiger partial charge < -0.3 is 4.42 Å². The zero-order valence-corrected chi connectivity index (χ0v) is 19.8. The minimum Gasteiger partial charge on any atom is -0.456 e. The van der Waals surface area contributed by atoms with Crippen molar-refractivity contribution in [2.24, 2.45) is 0 Å². The van der Waals surface area contributed by atoms with Crippen molar-refractivity contribution in [3.8, 4) is 39.6 Å². The minimum atomic E-state index is 0.597. The number of fused-ring (bicyclic) bond motifs is 5. The highest BCUT2D eigenvalue weighted by atomic mass is 16.3. The summed E-state index contributed by atoms with van der Waals surface area (Å²) < 4.78 is 6.48. The van der Waals surface area contributed by atoms with E-state index in [0.717, 1.165) is 55.3 Å². The van der Waals surface area contributed by atoms with Gasteiger partial charge in [0, 0.05) is 22.5 Å². The summed E-state index contributed by atoms with van der Waals surface area (Å²) in [6.07, 6.45) is 1.68. The molecule has 0 saturated heterocycles. The van der Waals surface area contributed by atoms with Crippen LogP contribution in [0.5, 0.6) is 0 Å². The van der Waals surface area contributed by atoms with Crippen molar-refractivity contribution in [3.63, 3.8) is 0 Å². The number of furan rings is 1. The standard InChI is InChI=1S/C34H20N2O/c35-21-22-15-16-36-31(17-22)26-10-6-9-25(18-26)30-20-33-34(28-12-5-4-11-27(28)30)29-14-13-24(19-32(29)37-33)23-7-2-1-3-8-23/h1-20H. The molecule has 0 bridgehead atoms. The molecule has 0 unspecified atom stereocenters. The summed E-state index contributed by atoms with van der Waals surface area (Å²) in [5.41, 5.74) is 8.57. The predicted octanol–water partition coefficient (Wildman–Crippen LogP) is 9.01. The molecule has 0 aliphatic heterocycles. The van der Waals surface area contributed by atoms with Crippen LogP contribution in [-0.4, -0.2) is 4.98 Å². The van der Waals surface area contributed by atoms with E-state index in [1.165, 1.54) is 10.9 Å². The summed E-state index contributed by atoms with van der Waals surface area (Å²) in [4.78, 5) is 4.50. The smallest absolute Gasteiger partial charge is 0.136 e. The van der Waals surface area contributed by atoms with Crippen LogP contribution in [0.15, 0.2) is 126 Å². The van der Waals surface area contributed by atoms with Gasteiger partial charge in [0.1, 0.15) is 11.2 Å². The highest BCUT2D eigenvalue weighted by molar-refractivity contribution is 6.22. The first-order valence-electron chi connectivity index (χ1n) is 12.2. The molecule has 172 valence electrons. The van der Waals surface area contributed by atoms with Gasteiger partial charge >= 0.3 is 0 Å². The molecule has 7 aromatic rings. The second-order valence-corrected chi connectivity index (χ2v) is 9.14. The van der Waals surface area contributed by atoms with Crippen molar-refractivity contribution in [1.82, 2.24) is 4.98 Å². The average molecular weight is 473 g/mol. The maximum Gasteiger partial charge on any atom is 0.136 e. The summed E-state index contributed by atoms with van der Waals surface area (Å²) in [6.45, 7) is 0. The fourth-order valence-corrected chi connectivity index (χ4v) is 5.19. The molecule has 37 heavy (non-hydrogen) atoms. The van der Waals surface area contributed by atoms with Gasteiger partial charge in [0.15, 0.2) is 0 Å². The summed E-state index contributed by atoms with van der Waals surface area (Å²) in [5.74, 6) is 0. The molecule has 5 aromatic carbocycles. The van der Waals surface area contributed by atoms with Crippen LogP contribution in [0.3, 0.4) is 0 Å². The number of hydrogen-bond donors (Lipinski definition) is 0. The molecule has 2 heterocycles. The lowest BCUT2D eigenvalue weighted by Gasteiger charge is -2.10. The van der Waals surface area contributed by atoms with Gasteiger partial charge in [0.2, 0.25) is 0 Å². The van der Waals surface area contributed by atoms with Crippen molar-refractivity contribution in [3.05, 3.63) is 127 Å². The largest absolute Gasteiger partial charge is 0.456 e. The van der Waals surface area contributed by atoms with Crippen molar-refractivity contribution < 1.29 is 4.42 Å². The van der Waals surface area contributed by atoms with Crippen LogP contribution in [0, 0.1) is 11.3 Å². The molecule has 2 aromatic heterocycles. The Balaban J connectivity index is 1.44. The van der Waals surface area contributed by atoms with Crippen LogP contribution >= 0.6 is 0 Å². The molecule has 0 fully saturated rings. The van der Waals surface area contributed by atoms with Gasteiger partial charge in [-0.3, -0.25) is 4.98 Å². The number of nitriles is 1. The SMILES string of the molecule is N#Cc1ccnc(-c2cccc(-c3cc4oc5cc(-c6ccccc6)ccc5c4c4ccccc34)c2)c1.